The van der Waals surface area contributed by atoms with Crippen molar-refractivity contribution in [1.82, 2.24) is 5.32 Å². The second kappa shape index (κ2) is 4.80. The van der Waals surface area contributed by atoms with Crippen LogP contribution in [0.25, 0.3) is 0 Å². The summed E-state index contributed by atoms with van der Waals surface area (Å²) in [6.45, 7) is 3.98. The maximum absolute atomic E-state index is 11.4. The van der Waals surface area contributed by atoms with Crippen LogP contribution in [-0.4, -0.2) is 11.8 Å². The Morgan fingerprint density at radius 1 is 1.64 bits per heavy atom. The average Bonchev–Trinajstić information content (AvgIpc) is 2.54. The van der Waals surface area contributed by atoms with E-state index in [1.165, 1.54) is 0 Å². The number of hydrogen-bond acceptors (Lipinski definition) is 2. The lowest BCUT2D eigenvalue weighted by atomic mass is 10.0. The molecule has 0 saturated carbocycles. The van der Waals surface area contributed by atoms with Gasteiger partial charge >= 0.3 is 0 Å². The number of amides is 1. The van der Waals surface area contributed by atoms with E-state index in [0.29, 0.717) is 12.3 Å². The topological polar surface area (TPSA) is 29.1 Å². The summed E-state index contributed by atoms with van der Waals surface area (Å²) in [4.78, 5) is 12.5. The van der Waals surface area contributed by atoms with Gasteiger partial charge in [0.15, 0.2) is 0 Å². The van der Waals surface area contributed by atoms with Crippen molar-refractivity contribution in [2.45, 2.75) is 25.8 Å². The highest BCUT2D eigenvalue weighted by atomic mass is 35.5. The van der Waals surface area contributed by atoms with E-state index in [1.54, 1.807) is 11.3 Å². The zero-order valence-electron chi connectivity index (χ0n) is 8.34. The summed E-state index contributed by atoms with van der Waals surface area (Å²) in [6, 6.07) is 4.00. The minimum atomic E-state index is -0.294. The molecule has 0 spiro atoms. The number of carbonyl (C=O) groups is 1. The van der Waals surface area contributed by atoms with Crippen LogP contribution in [0.2, 0.25) is 0 Å². The van der Waals surface area contributed by atoms with Gasteiger partial charge in [0, 0.05) is 17.2 Å². The quantitative estimate of drug-likeness (QED) is 0.794. The van der Waals surface area contributed by atoms with Crippen LogP contribution < -0.4 is 5.32 Å². The zero-order valence-corrected chi connectivity index (χ0v) is 9.91. The Morgan fingerprint density at radius 3 is 2.86 bits per heavy atom. The summed E-state index contributed by atoms with van der Waals surface area (Å²) >= 11 is 7.13. The average molecular weight is 232 g/mol. The van der Waals surface area contributed by atoms with Gasteiger partial charge < -0.3 is 5.32 Å². The van der Waals surface area contributed by atoms with E-state index in [0.717, 1.165) is 4.88 Å². The van der Waals surface area contributed by atoms with E-state index in [-0.39, 0.29) is 11.4 Å². The minimum Gasteiger partial charge on any atom is -0.346 e. The van der Waals surface area contributed by atoms with Crippen molar-refractivity contribution in [3.63, 3.8) is 0 Å². The van der Waals surface area contributed by atoms with E-state index < -0.39 is 0 Å². The van der Waals surface area contributed by atoms with Gasteiger partial charge in [-0.15, -0.1) is 22.9 Å². The van der Waals surface area contributed by atoms with Crippen molar-refractivity contribution in [3.8, 4) is 0 Å². The third-order valence-corrected chi connectivity index (χ3v) is 3.29. The predicted octanol–water partition coefficient (Wildman–Crippen LogP) is 2.73. The third kappa shape index (κ3) is 3.00. The van der Waals surface area contributed by atoms with Crippen molar-refractivity contribution < 1.29 is 4.79 Å². The molecule has 1 rings (SSSR count). The first-order chi connectivity index (χ1) is 6.56. The highest BCUT2D eigenvalue weighted by Crippen LogP contribution is 2.24. The molecule has 1 N–H and O–H groups in total. The molecule has 0 bridgehead atoms. The lowest BCUT2D eigenvalue weighted by Crippen LogP contribution is -2.40. The molecule has 0 radical (unpaired) electrons. The molecule has 0 aliphatic heterocycles. The standard InChI is InChI=1S/C10H14ClNOS/c1-10(2,8-4-3-7-14-8)12-9(13)5-6-11/h3-4,7H,5-6H2,1-2H3,(H,12,13). The third-order valence-electron chi connectivity index (χ3n) is 1.91. The summed E-state index contributed by atoms with van der Waals surface area (Å²) in [6.07, 6.45) is 0.371. The molecule has 0 aromatic carbocycles. The largest absolute Gasteiger partial charge is 0.346 e. The van der Waals surface area contributed by atoms with Gasteiger partial charge in [-0.2, -0.15) is 0 Å². The van der Waals surface area contributed by atoms with Gasteiger partial charge in [-0.1, -0.05) is 6.07 Å². The molecule has 4 heteroatoms. The Hall–Kier alpha value is -0.540. The summed E-state index contributed by atoms with van der Waals surface area (Å²) < 4.78 is 0. The van der Waals surface area contributed by atoms with E-state index in [2.05, 4.69) is 5.32 Å². The second-order valence-electron chi connectivity index (χ2n) is 3.59. The molecule has 0 aliphatic carbocycles. The number of alkyl halides is 1. The Labute approximate surface area is 93.3 Å². The molecular formula is C10H14ClNOS. The number of carbonyl (C=O) groups excluding carboxylic acids is 1. The Balaban J connectivity index is 2.63. The van der Waals surface area contributed by atoms with Crippen molar-refractivity contribution in [1.29, 1.82) is 0 Å². The molecule has 0 saturated heterocycles. The molecule has 0 atom stereocenters. The van der Waals surface area contributed by atoms with Crippen LogP contribution in [0, 0.1) is 0 Å². The smallest absolute Gasteiger partial charge is 0.221 e. The molecule has 1 aromatic heterocycles. The van der Waals surface area contributed by atoms with Gasteiger partial charge in [0.25, 0.3) is 0 Å². The molecule has 2 nitrogen and oxygen atoms in total. The number of halogens is 1. The van der Waals surface area contributed by atoms with Crippen molar-refractivity contribution in [3.05, 3.63) is 22.4 Å². The number of hydrogen-bond donors (Lipinski definition) is 1. The maximum atomic E-state index is 11.4. The molecule has 1 heterocycles. The number of rotatable bonds is 4. The lowest BCUT2D eigenvalue weighted by molar-refractivity contribution is -0.122. The molecule has 0 aliphatic rings. The van der Waals surface area contributed by atoms with Gasteiger partial charge in [0.1, 0.15) is 0 Å². The molecule has 14 heavy (non-hydrogen) atoms. The molecule has 0 unspecified atom stereocenters. The van der Waals surface area contributed by atoms with Crippen LogP contribution in [0.5, 0.6) is 0 Å². The first-order valence-corrected chi connectivity index (χ1v) is 5.88. The van der Waals surface area contributed by atoms with E-state index in [1.807, 2.05) is 31.4 Å². The molecule has 78 valence electrons. The Morgan fingerprint density at radius 2 is 2.36 bits per heavy atom. The fourth-order valence-electron chi connectivity index (χ4n) is 1.19. The van der Waals surface area contributed by atoms with Crippen molar-refractivity contribution >= 4 is 28.8 Å². The van der Waals surface area contributed by atoms with Crippen molar-refractivity contribution in [2.75, 3.05) is 5.88 Å². The molecular weight excluding hydrogens is 218 g/mol. The van der Waals surface area contributed by atoms with Gasteiger partial charge in [-0.25, -0.2) is 0 Å². The molecule has 1 aromatic rings. The number of nitrogens with one attached hydrogen (secondary N) is 1. The van der Waals surface area contributed by atoms with E-state index >= 15 is 0 Å². The summed E-state index contributed by atoms with van der Waals surface area (Å²) in [5, 5.41) is 4.95. The van der Waals surface area contributed by atoms with Gasteiger partial charge in [0.05, 0.1) is 5.54 Å². The normalized spacial score (nSPS) is 11.4. The first kappa shape index (κ1) is 11.5. The van der Waals surface area contributed by atoms with Gasteiger partial charge in [-0.3, -0.25) is 4.79 Å². The summed E-state index contributed by atoms with van der Waals surface area (Å²) in [7, 11) is 0. The van der Waals surface area contributed by atoms with Gasteiger partial charge in [-0.05, 0) is 25.3 Å². The highest BCUT2D eigenvalue weighted by molar-refractivity contribution is 7.10. The zero-order chi connectivity index (χ0) is 10.6. The van der Waals surface area contributed by atoms with Gasteiger partial charge in [0.2, 0.25) is 5.91 Å². The first-order valence-electron chi connectivity index (χ1n) is 4.47. The summed E-state index contributed by atoms with van der Waals surface area (Å²) in [5.74, 6) is 0.366. The fourth-order valence-corrected chi connectivity index (χ4v) is 2.17. The van der Waals surface area contributed by atoms with Crippen LogP contribution in [-0.2, 0) is 10.3 Å². The van der Waals surface area contributed by atoms with Crippen LogP contribution in [0.1, 0.15) is 25.1 Å². The lowest BCUT2D eigenvalue weighted by Gasteiger charge is -2.24. The minimum absolute atomic E-state index is 0.00148. The van der Waals surface area contributed by atoms with Crippen molar-refractivity contribution in [2.24, 2.45) is 0 Å². The SMILES string of the molecule is CC(C)(NC(=O)CCCl)c1cccs1. The van der Waals surface area contributed by atoms with Crippen LogP contribution in [0.15, 0.2) is 17.5 Å². The maximum Gasteiger partial charge on any atom is 0.221 e. The van der Waals surface area contributed by atoms with Crippen LogP contribution in [0.4, 0.5) is 0 Å². The predicted molar refractivity (Wildman–Crippen MR) is 60.8 cm³/mol. The van der Waals surface area contributed by atoms with E-state index in [4.69, 9.17) is 11.6 Å². The van der Waals surface area contributed by atoms with E-state index in [9.17, 15) is 4.79 Å². The fraction of sp³-hybridized carbons (Fsp3) is 0.500. The molecule has 0 fully saturated rings. The second-order valence-corrected chi connectivity index (χ2v) is 4.92. The monoisotopic (exact) mass is 231 g/mol. The summed E-state index contributed by atoms with van der Waals surface area (Å²) in [5.41, 5.74) is -0.294. The Bertz CT molecular complexity index is 295. The van der Waals surface area contributed by atoms with Crippen LogP contribution >= 0.6 is 22.9 Å². The molecule has 1 amide bonds. The highest BCUT2D eigenvalue weighted by Gasteiger charge is 2.23. The number of thiophene rings is 1. The Kier molecular flexibility index (Phi) is 3.96. The van der Waals surface area contributed by atoms with Crippen LogP contribution in [0.3, 0.4) is 0 Å².